The number of hydrogen-bond donors (Lipinski definition) is 2. The standard InChI is InChI=1S/C23H23ClF2N6O/c24-19-17(33-11-23(26)7-8-23)5-3-15(20(19)25)30-22-21-16(28-12-29-22)4-6-18(31-21)32-10-13-1-2-14(32)9-27-13/h3-6,12-14,27H,1-2,7-11H2,(H,28,29,30)/t13-,14?/m0/s1. The van der Waals surface area contributed by atoms with Gasteiger partial charge in [0.25, 0.3) is 0 Å². The van der Waals surface area contributed by atoms with Crippen LogP contribution >= 0.6 is 11.6 Å². The van der Waals surface area contributed by atoms with Gasteiger partial charge >= 0.3 is 0 Å². The molecule has 1 aromatic carbocycles. The number of halogens is 3. The topological polar surface area (TPSA) is 75.2 Å². The number of nitrogens with zero attached hydrogens (tertiary/aromatic N) is 4. The minimum Gasteiger partial charge on any atom is -0.489 e. The van der Waals surface area contributed by atoms with Gasteiger partial charge in [0.2, 0.25) is 0 Å². The van der Waals surface area contributed by atoms with E-state index in [4.69, 9.17) is 21.3 Å². The maximum absolute atomic E-state index is 15.0. The zero-order valence-electron chi connectivity index (χ0n) is 17.8. The number of hydrogen-bond acceptors (Lipinski definition) is 7. The van der Waals surface area contributed by atoms with Crippen LogP contribution < -0.4 is 20.3 Å². The van der Waals surface area contributed by atoms with Gasteiger partial charge in [0.1, 0.15) is 40.7 Å². The first-order valence-electron chi connectivity index (χ1n) is 11.2. The SMILES string of the molecule is Fc1c(Nc2ncnc3ccc(N4C[C@@H]5CCC4CN5)nc23)ccc(OCC2(F)CC2)c1Cl. The molecule has 4 fully saturated rings. The highest BCUT2D eigenvalue weighted by Gasteiger charge is 2.44. The molecule has 2 aromatic heterocycles. The van der Waals surface area contributed by atoms with Crippen molar-refractivity contribution in [3.63, 3.8) is 0 Å². The van der Waals surface area contributed by atoms with E-state index in [1.807, 2.05) is 12.1 Å². The molecule has 0 spiro atoms. The third kappa shape index (κ3) is 3.93. The Morgan fingerprint density at radius 1 is 1.21 bits per heavy atom. The third-order valence-electron chi connectivity index (χ3n) is 6.69. The Morgan fingerprint density at radius 3 is 2.82 bits per heavy atom. The zero-order chi connectivity index (χ0) is 22.6. The molecule has 172 valence electrons. The molecule has 1 unspecified atom stereocenters. The molecule has 3 saturated heterocycles. The Kier molecular flexibility index (Phi) is 4.99. The maximum Gasteiger partial charge on any atom is 0.169 e. The molecule has 3 aromatic rings. The second kappa shape index (κ2) is 7.92. The minimum atomic E-state index is -1.32. The van der Waals surface area contributed by atoms with Crippen LogP contribution in [0.2, 0.25) is 5.02 Å². The van der Waals surface area contributed by atoms with E-state index in [-0.39, 0.29) is 23.1 Å². The third-order valence-corrected chi connectivity index (χ3v) is 7.04. The summed E-state index contributed by atoms with van der Waals surface area (Å²) in [4.78, 5) is 15.8. The Labute approximate surface area is 194 Å². The number of nitrogens with one attached hydrogen (secondary N) is 2. The van der Waals surface area contributed by atoms with Crippen molar-refractivity contribution in [1.29, 1.82) is 0 Å². The molecule has 1 saturated carbocycles. The fourth-order valence-corrected chi connectivity index (χ4v) is 4.74. The summed E-state index contributed by atoms with van der Waals surface area (Å²) in [5, 5.41) is 6.34. The van der Waals surface area contributed by atoms with Crippen molar-refractivity contribution in [1.82, 2.24) is 20.3 Å². The molecule has 5 heterocycles. The van der Waals surface area contributed by atoms with Gasteiger partial charge in [-0.2, -0.15) is 0 Å². The molecule has 0 amide bonds. The first-order chi connectivity index (χ1) is 16.0. The van der Waals surface area contributed by atoms with Crippen LogP contribution in [0.5, 0.6) is 5.75 Å². The average molecular weight is 473 g/mol. The summed E-state index contributed by atoms with van der Waals surface area (Å²) in [5.41, 5.74) is 0.0142. The summed E-state index contributed by atoms with van der Waals surface area (Å²) >= 11 is 6.17. The van der Waals surface area contributed by atoms with Gasteiger partial charge in [-0.3, -0.25) is 0 Å². The van der Waals surface area contributed by atoms with Crippen LogP contribution in [-0.2, 0) is 0 Å². The van der Waals surface area contributed by atoms with E-state index in [1.54, 1.807) is 0 Å². The van der Waals surface area contributed by atoms with E-state index in [0.717, 1.165) is 25.3 Å². The van der Waals surface area contributed by atoms with Gasteiger partial charge in [-0.15, -0.1) is 0 Å². The summed E-state index contributed by atoms with van der Waals surface area (Å²) in [5.74, 6) is 0.663. The van der Waals surface area contributed by atoms with Gasteiger partial charge in [0, 0.05) is 25.2 Å². The van der Waals surface area contributed by atoms with Gasteiger partial charge in [0.05, 0.1) is 11.2 Å². The van der Waals surface area contributed by atoms with Crippen LogP contribution in [-0.4, -0.2) is 52.4 Å². The summed E-state index contributed by atoms with van der Waals surface area (Å²) in [6, 6.07) is 7.79. The van der Waals surface area contributed by atoms with Crippen LogP contribution in [0, 0.1) is 5.82 Å². The number of rotatable bonds is 6. The predicted octanol–water partition coefficient (Wildman–Crippen LogP) is 4.38. The molecule has 7 rings (SSSR count). The van der Waals surface area contributed by atoms with Crippen LogP contribution in [0.4, 0.5) is 26.1 Å². The van der Waals surface area contributed by atoms with Crippen LogP contribution in [0.15, 0.2) is 30.6 Å². The van der Waals surface area contributed by atoms with E-state index in [9.17, 15) is 4.39 Å². The summed E-state index contributed by atoms with van der Waals surface area (Å²) in [7, 11) is 0. The van der Waals surface area contributed by atoms with Crippen molar-refractivity contribution in [3.8, 4) is 5.75 Å². The van der Waals surface area contributed by atoms with Gasteiger partial charge < -0.3 is 20.3 Å². The normalized spacial score (nSPS) is 23.1. The highest BCUT2D eigenvalue weighted by atomic mass is 35.5. The Hall–Kier alpha value is -2.78. The second-order valence-electron chi connectivity index (χ2n) is 9.05. The lowest BCUT2D eigenvalue weighted by atomic mass is 9.93. The number of fused-ring (bicyclic) bond motifs is 4. The first kappa shape index (κ1) is 20.8. The second-order valence-corrected chi connectivity index (χ2v) is 9.43. The molecule has 2 bridgehead atoms. The maximum atomic E-state index is 15.0. The smallest absolute Gasteiger partial charge is 0.169 e. The highest BCUT2D eigenvalue weighted by Crippen LogP contribution is 2.41. The molecular weight excluding hydrogens is 450 g/mol. The van der Waals surface area contributed by atoms with Crippen molar-refractivity contribution in [2.45, 2.75) is 43.4 Å². The molecular formula is C23H23ClF2N6O. The molecule has 3 aliphatic heterocycles. The van der Waals surface area contributed by atoms with Crippen molar-refractivity contribution >= 4 is 40.0 Å². The molecule has 2 N–H and O–H groups in total. The number of piperidine rings is 2. The molecule has 1 aliphatic carbocycles. The summed E-state index contributed by atoms with van der Waals surface area (Å²) < 4.78 is 34.3. The van der Waals surface area contributed by atoms with Crippen LogP contribution in [0.1, 0.15) is 25.7 Å². The largest absolute Gasteiger partial charge is 0.489 e. The number of ether oxygens (including phenoxy) is 1. The fourth-order valence-electron chi connectivity index (χ4n) is 4.53. The molecule has 10 heteroatoms. The number of alkyl halides is 1. The number of anilines is 3. The van der Waals surface area contributed by atoms with E-state index in [1.165, 1.54) is 24.9 Å². The average Bonchev–Trinajstić information content (AvgIpc) is 3.59. The quantitative estimate of drug-likeness (QED) is 0.551. The zero-order valence-corrected chi connectivity index (χ0v) is 18.6. The van der Waals surface area contributed by atoms with Gasteiger partial charge in [-0.05, 0) is 49.9 Å². The minimum absolute atomic E-state index is 0.116. The molecule has 33 heavy (non-hydrogen) atoms. The van der Waals surface area contributed by atoms with Crippen LogP contribution in [0.3, 0.4) is 0 Å². The molecule has 4 aliphatic rings. The van der Waals surface area contributed by atoms with Crippen molar-refractivity contribution in [2.24, 2.45) is 0 Å². The summed E-state index contributed by atoms with van der Waals surface area (Å²) in [6.45, 7) is 1.73. The van der Waals surface area contributed by atoms with E-state index < -0.39 is 11.5 Å². The molecule has 2 atom stereocenters. The Balaban J connectivity index is 1.29. The Bertz CT molecular complexity index is 1220. The van der Waals surface area contributed by atoms with E-state index >= 15 is 4.39 Å². The Morgan fingerprint density at radius 2 is 2.09 bits per heavy atom. The molecule has 0 radical (unpaired) electrons. The van der Waals surface area contributed by atoms with Gasteiger partial charge in [0.15, 0.2) is 11.6 Å². The van der Waals surface area contributed by atoms with Crippen molar-refractivity contribution in [3.05, 3.63) is 41.4 Å². The monoisotopic (exact) mass is 472 g/mol. The lowest BCUT2D eigenvalue weighted by molar-refractivity contribution is 0.177. The summed E-state index contributed by atoms with van der Waals surface area (Å²) in [6.07, 6.45) is 4.63. The number of benzene rings is 1. The lowest BCUT2D eigenvalue weighted by Gasteiger charge is -2.46. The van der Waals surface area contributed by atoms with Crippen LogP contribution in [0.25, 0.3) is 11.0 Å². The number of piperazine rings is 1. The number of aromatic nitrogens is 3. The fraction of sp³-hybridized carbons (Fsp3) is 0.435. The first-order valence-corrected chi connectivity index (χ1v) is 11.6. The highest BCUT2D eigenvalue weighted by molar-refractivity contribution is 6.32. The molecule has 7 nitrogen and oxygen atoms in total. The van der Waals surface area contributed by atoms with E-state index in [0.29, 0.717) is 41.8 Å². The lowest BCUT2D eigenvalue weighted by Crippen LogP contribution is -2.61. The van der Waals surface area contributed by atoms with Gasteiger partial charge in [-0.25, -0.2) is 23.7 Å². The predicted molar refractivity (Wildman–Crippen MR) is 123 cm³/mol. The van der Waals surface area contributed by atoms with Gasteiger partial charge in [-0.1, -0.05) is 11.6 Å². The van der Waals surface area contributed by atoms with E-state index in [2.05, 4.69) is 25.5 Å². The van der Waals surface area contributed by atoms with Crippen molar-refractivity contribution in [2.75, 3.05) is 29.9 Å². The number of pyridine rings is 1. The van der Waals surface area contributed by atoms with Crippen molar-refractivity contribution < 1.29 is 13.5 Å².